The van der Waals surface area contributed by atoms with Gasteiger partial charge in [0, 0.05) is 20.4 Å². The summed E-state index contributed by atoms with van der Waals surface area (Å²) in [6, 6.07) is 7.12. The number of hydrogen-bond donors (Lipinski definition) is 2. The maximum absolute atomic E-state index is 12.1. The van der Waals surface area contributed by atoms with Gasteiger partial charge in [-0.15, -0.1) is 11.3 Å². The van der Waals surface area contributed by atoms with Crippen molar-refractivity contribution < 1.29 is 9.53 Å². The molecule has 1 aromatic heterocycles. The number of methoxy groups -OCH3 is 1. The van der Waals surface area contributed by atoms with Gasteiger partial charge in [-0.1, -0.05) is 6.07 Å². The Kier molecular flexibility index (Phi) is 4.44. The molecule has 0 radical (unpaired) electrons. The fourth-order valence-corrected chi connectivity index (χ4v) is 3.05. The molecule has 1 heterocycles. The number of nitrogen functional groups attached to an aromatic ring is 1. The van der Waals surface area contributed by atoms with E-state index in [9.17, 15) is 4.79 Å². The maximum atomic E-state index is 12.1. The van der Waals surface area contributed by atoms with Crippen molar-refractivity contribution in [1.29, 1.82) is 0 Å². The third-order valence-electron chi connectivity index (χ3n) is 2.55. The highest BCUT2D eigenvalue weighted by atomic mass is 79.9. The molecule has 0 saturated carbocycles. The fraction of sp³-hybridized carbons (Fsp3) is 0.154. The summed E-state index contributed by atoms with van der Waals surface area (Å²) in [7, 11) is 1.52. The highest BCUT2D eigenvalue weighted by Crippen LogP contribution is 2.24. The average Bonchev–Trinajstić information content (AvgIpc) is 2.81. The molecule has 0 spiro atoms. The first-order chi connectivity index (χ1) is 9.11. The van der Waals surface area contributed by atoms with E-state index in [0.717, 1.165) is 9.35 Å². The zero-order valence-electron chi connectivity index (χ0n) is 10.3. The largest absolute Gasteiger partial charge is 0.496 e. The molecule has 1 aromatic carbocycles. The number of carbonyl (C=O) groups excluding carboxylic acids is 1. The molecular formula is C13H13BrN2O2S. The molecule has 0 atom stereocenters. The molecule has 0 aliphatic carbocycles. The number of carbonyl (C=O) groups is 1. The lowest BCUT2D eigenvalue weighted by molar-refractivity contribution is 0.0949. The van der Waals surface area contributed by atoms with Gasteiger partial charge in [-0.2, -0.15) is 0 Å². The van der Waals surface area contributed by atoms with E-state index in [4.69, 9.17) is 10.5 Å². The fourth-order valence-electron chi connectivity index (χ4n) is 1.66. The molecule has 0 saturated heterocycles. The van der Waals surface area contributed by atoms with Crippen LogP contribution in [0.4, 0.5) is 5.69 Å². The van der Waals surface area contributed by atoms with Crippen molar-refractivity contribution in [1.82, 2.24) is 5.32 Å². The lowest BCUT2D eigenvalue weighted by Gasteiger charge is -2.10. The molecule has 19 heavy (non-hydrogen) atoms. The van der Waals surface area contributed by atoms with Crippen LogP contribution in [0.25, 0.3) is 0 Å². The van der Waals surface area contributed by atoms with Crippen LogP contribution >= 0.6 is 27.3 Å². The summed E-state index contributed by atoms with van der Waals surface area (Å²) >= 11 is 4.95. The predicted octanol–water partition coefficient (Wildman–Crippen LogP) is 3.03. The molecule has 0 aliphatic rings. The molecule has 1 amide bonds. The van der Waals surface area contributed by atoms with Crippen LogP contribution in [-0.2, 0) is 6.54 Å². The summed E-state index contributed by atoms with van der Waals surface area (Å²) in [6.07, 6.45) is 0. The van der Waals surface area contributed by atoms with Gasteiger partial charge in [-0.3, -0.25) is 4.79 Å². The molecule has 4 nitrogen and oxygen atoms in total. The van der Waals surface area contributed by atoms with Crippen molar-refractivity contribution >= 4 is 38.9 Å². The first-order valence-corrected chi connectivity index (χ1v) is 7.22. The van der Waals surface area contributed by atoms with E-state index >= 15 is 0 Å². The monoisotopic (exact) mass is 340 g/mol. The zero-order valence-corrected chi connectivity index (χ0v) is 12.7. The summed E-state index contributed by atoms with van der Waals surface area (Å²) < 4.78 is 6.17. The lowest BCUT2D eigenvalue weighted by atomic mass is 10.1. The van der Waals surface area contributed by atoms with Gasteiger partial charge >= 0.3 is 0 Å². The van der Waals surface area contributed by atoms with Crippen LogP contribution in [0, 0.1) is 0 Å². The number of ether oxygens (including phenoxy) is 1. The van der Waals surface area contributed by atoms with Crippen molar-refractivity contribution in [2.24, 2.45) is 0 Å². The number of halogens is 1. The van der Waals surface area contributed by atoms with Gasteiger partial charge in [0.1, 0.15) is 11.3 Å². The number of rotatable bonds is 4. The van der Waals surface area contributed by atoms with E-state index in [-0.39, 0.29) is 5.91 Å². The van der Waals surface area contributed by atoms with E-state index < -0.39 is 0 Å². The van der Waals surface area contributed by atoms with Gasteiger partial charge in [0.05, 0.1) is 13.7 Å². The van der Waals surface area contributed by atoms with Gasteiger partial charge < -0.3 is 15.8 Å². The molecule has 0 fully saturated rings. The Bertz CT molecular complexity index is 598. The van der Waals surface area contributed by atoms with Gasteiger partial charge in [0.15, 0.2) is 0 Å². The highest BCUT2D eigenvalue weighted by Gasteiger charge is 2.15. The summed E-state index contributed by atoms with van der Waals surface area (Å²) in [5.74, 6) is 0.240. The maximum Gasteiger partial charge on any atom is 0.257 e. The number of nitrogens with two attached hydrogens (primary N) is 1. The second-order valence-corrected chi connectivity index (χ2v) is 5.75. The number of amides is 1. The molecule has 2 rings (SSSR count). The quantitative estimate of drug-likeness (QED) is 0.840. The summed E-state index contributed by atoms with van der Waals surface area (Å²) in [5.41, 5.74) is 6.61. The molecule has 3 N–H and O–H groups in total. The van der Waals surface area contributed by atoms with Gasteiger partial charge in [0.25, 0.3) is 5.91 Å². The molecule has 6 heteroatoms. The summed E-state index contributed by atoms with van der Waals surface area (Å²) in [5, 5.41) is 4.81. The van der Waals surface area contributed by atoms with Crippen LogP contribution in [0.3, 0.4) is 0 Å². The van der Waals surface area contributed by atoms with E-state index in [2.05, 4.69) is 21.2 Å². The topological polar surface area (TPSA) is 64.3 Å². The molecular weight excluding hydrogens is 328 g/mol. The van der Waals surface area contributed by atoms with Crippen LogP contribution in [0.1, 0.15) is 15.2 Å². The lowest BCUT2D eigenvalue weighted by Crippen LogP contribution is -2.24. The normalized spacial score (nSPS) is 10.2. The van der Waals surface area contributed by atoms with Crippen LogP contribution in [0.15, 0.2) is 34.1 Å². The Hall–Kier alpha value is -1.53. The van der Waals surface area contributed by atoms with Crippen molar-refractivity contribution in [2.75, 3.05) is 12.8 Å². The van der Waals surface area contributed by atoms with Crippen LogP contribution in [0.5, 0.6) is 5.75 Å². The average molecular weight is 341 g/mol. The van der Waals surface area contributed by atoms with E-state index in [0.29, 0.717) is 23.5 Å². The van der Waals surface area contributed by atoms with Gasteiger partial charge in [-0.05, 0) is 34.1 Å². The number of anilines is 1. The van der Waals surface area contributed by atoms with Gasteiger partial charge in [0.2, 0.25) is 0 Å². The molecule has 2 aromatic rings. The second-order valence-electron chi connectivity index (χ2n) is 3.84. The minimum absolute atomic E-state index is 0.237. The van der Waals surface area contributed by atoms with E-state index in [1.165, 1.54) is 7.11 Å². The molecule has 0 unspecified atom stereocenters. The molecule has 0 bridgehead atoms. The van der Waals surface area contributed by atoms with Crippen molar-refractivity contribution in [3.8, 4) is 5.75 Å². The summed E-state index contributed by atoms with van der Waals surface area (Å²) in [6.45, 7) is 0.465. The SMILES string of the molecule is COc1cccc(N)c1C(=O)NCc1cc(Br)cs1. The first kappa shape index (κ1) is 13.9. The smallest absolute Gasteiger partial charge is 0.257 e. The van der Waals surface area contributed by atoms with Crippen LogP contribution in [0.2, 0.25) is 0 Å². The third kappa shape index (κ3) is 3.27. The Morgan fingerprint density at radius 3 is 2.95 bits per heavy atom. The standard InChI is InChI=1S/C13H13BrN2O2S/c1-18-11-4-2-3-10(15)12(11)13(17)16-6-9-5-8(14)7-19-9/h2-5,7H,6,15H2,1H3,(H,16,17). The highest BCUT2D eigenvalue weighted by molar-refractivity contribution is 9.10. The van der Waals surface area contributed by atoms with Crippen molar-refractivity contribution in [3.63, 3.8) is 0 Å². The number of thiophene rings is 1. The van der Waals surface area contributed by atoms with Crippen LogP contribution in [-0.4, -0.2) is 13.0 Å². The Morgan fingerprint density at radius 1 is 1.53 bits per heavy atom. The van der Waals surface area contributed by atoms with Crippen molar-refractivity contribution in [2.45, 2.75) is 6.54 Å². The Balaban J connectivity index is 2.12. The molecule has 0 aliphatic heterocycles. The minimum atomic E-state index is -0.237. The first-order valence-electron chi connectivity index (χ1n) is 5.55. The number of hydrogen-bond acceptors (Lipinski definition) is 4. The Labute approximate surface area is 123 Å². The van der Waals surface area contributed by atoms with E-state index in [1.54, 1.807) is 29.5 Å². The third-order valence-corrected chi connectivity index (χ3v) is 4.25. The Morgan fingerprint density at radius 2 is 2.32 bits per heavy atom. The zero-order chi connectivity index (χ0) is 13.8. The van der Waals surface area contributed by atoms with E-state index in [1.807, 2.05) is 11.4 Å². The minimum Gasteiger partial charge on any atom is -0.496 e. The number of benzene rings is 1. The summed E-state index contributed by atoms with van der Waals surface area (Å²) in [4.78, 5) is 13.2. The van der Waals surface area contributed by atoms with Crippen molar-refractivity contribution in [3.05, 3.63) is 44.6 Å². The van der Waals surface area contributed by atoms with Gasteiger partial charge in [-0.25, -0.2) is 0 Å². The second kappa shape index (κ2) is 6.08. The van der Waals surface area contributed by atoms with Crippen LogP contribution < -0.4 is 15.8 Å². The molecule has 100 valence electrons. The number of nitrogens with one attached hydrogen (secondary N) is 1. The predicted molar refractivity (Wildman–Crippen MR) is 80.6 cm³/mol.